The minimum atomic E-state index is -0.402. The summed E-state index contributed by atoms with van der Waals surface area (Å²) in [5, 5.41) is 2.68. The highest BCUT2D eigenvalue weighted by molar-refractivity contribution is 5.97. The minimum absolute atomic E-state index is 0.0424. The third kappa shape index (κ3) is 3.33. The van der Waals surface area contributed by atoms with Crippen molar-refractivity contribution in [1.29, 1.82) is 0 Å². The van der Waals surface area contributed by atoms with Gasteiger partial charge in [0, 0.05) is 13.1 Å². The van der Waals surface area contributed by atoms with E-state index in [1.807, 2.05) is 0 Å². The van der Waals surface area contributed by atoms with Gasteiger partial charge in [0.1, 0.15) is 24.9 Å². The van der Waals surface area contributed by atoms with Crippen LogP contribution in [-0.4, -0.2) is 53.2 Å². The molecule has 1 unspecified atom stereocenters. The molecule has 1 aromatic carbocycles. The Labute approximate surface area is 133 Å². The Bertz CT molecular complexity index is 632. The van der Waals surface area contributed by atoms with Gasteiger partial charge in [-0.05, 0) is 30.5 Å². The zero-order chi connectivity index (χ0) is 16.4. The van der Waals surface area contributed by atoms with E-state index in [1.165, 1.54) is 17.0 Å². The van der Waals surface area contributed by atoms with E-state index >= 15 is 0 Å². The van der Waals surface area contributed by atoms with Crippen molar-refractivity contribution in [3.8, 4) is 0 Å². The fraction of sp³-hybridized carbons (Fsp3) is 0.438. The van der Waals surface area contributed by atoms with Gasteiger partial charge in [0.2, 0.25) is 17.7 Å². The predicted octanol–water partition coefficient (Wildman–Crippen LogP) is 0.275. The van der Waals surface area contributed by atoms with Crippen molar-refractivity contribution in [2.24, 2.45) is 0 Å². The van der Waals surface area contributed by atoms with Crippen LogP contribution in [0.4, 0.5) is 4.39 Å². The van der Waals surface area contributed by atoms with Gasteiger partial charge < -0.3 is 15.1 Å². The van der Waals surface area contributed by atoms with Gasteiger partial charge >= 0.3 is 0 Å². The van der Waals surface area contributed by atoms with Crippen LogP contribution >= 0.6 is 0 Å². The van der Waals surface area contributed by atoms with Crippen molar-refractivity contribution < 1.29 is 18.8 Å². The Morgan fingerprint density at radius 1 is 1.26 bits per heavy atom. The third-order valence-corrected chi connectivity index (χ3v) is 4.23. The molecule has 0 radical (unpaired) electrons. The molecule has 2 saturated heterocycles. The summed E-state index contributed by atoms with van der Waals surface area (Å²) in [6.07, 6.45) is 1.49. The van der Waals surface area contributed by atoms with Gasteiger partial charge in [0.25, 0.3) is 0 Å². The van der Waals surface area contributed by atoms with Crippen LogP contribution in [0.25, 0.3) is 0 Å². The maximum Gasteiger partial charge on any atom is 0.246 e. The summed E-state index contributed by atoms with van der Waals surface area (Å²) in [5.74, 6) is -0.919. The smallest absolute Gasteiger partial charge is 0.246 e. The molecule has 3 rings (SSSR count). The molecule has 0 aliphatic carbocycles. The van der Waals surface area contributed by atoms with Crippen molar-refractivity contribution in [2.45, 2.75) is 25.4 Å². The minimum Gasteiger partial charge on any atom is -0.350 e. The molecule has 2 fully saturated rings. The van der Waals surface area contributed by atoms with Crippen LogP contribution in [-0.2, 0) is 20.9 Å². The second kappa shape index (κ2) is 6.36. The number of nitrogens with zero attached hydrogens (tertiary/aromatic N) is 2. The number of carbonyl (C=O) groups is 3. The van der Waals surface area contributed by atoms with E-state index in [4.69, 9.17) is 0 Å². The van der Waals surface area contributed by atoms with E-state index in [-0.39, 0.29) is 43.2 Å². The molecule has 0 bridgehead atoms. The SMILES string of the molecule is O=C(CN1CC(=O)N2CCCC2C1=O)NCc1ccc(F)cc1. The molecule has 122 valence electrons. The van der Waals surface area contributed by atoms with E-state index in [1.54, 1.807) is 17.0 Å². The lowest BCUT2D eigenvalue weighted by atomic mass is 10.1. The molecule has 2 aliphatic heterocycles. The molecule has 3 amide bonds. The molecule has 7 heteroatoms. The lowest BCUT2D eigenvalue weighted by Crippen LogP contribution is -2.58. The number of piperazine rings is 1. The number of hydrogen-bond acceptors (Lipinski definition) is 3. The van der Waals surface area contributed by atoms with E-state index in [0.29, 0.717) is 13.0 Å². The summed E-state index contributed by atoms with van der Waals surface area (Å²) in [5.41, 5.74) is 0.766. The van der Waals surface area contributed by atoms with Crippen LogP contribution < -0.4 is 5.32 Å². The summed E-state index contributed by atoms with van der Waals surface area (Å²) in [4.78, 5) is 39.2. The molecule has 0 aromatic heterocycles. The second-order valence-corrected chi connectivity index (χ2v) is 5.84. The quantitative estimate of drug-likeness (QED) is 0.866. The van der Waals surface area contributed by atoms with Gasteiger partial charge in [-0.1, -0.05) is 12.1 Å². The maximum absolute atomic E-state index is 12.8. The summed E-state index contributed by atoms with van der Waals surface area (Å²) in [6, 6.07) is 5.41. The fourth-order valence-electron chi connectivity index (χ4n) is 3.03. The topological polar surface area (TPSA) is 69.7 Å². The third-order valence-electron chi connectivity index (χ3n) is 4.23. The zero-order valence-corrected chi connectivity index (χ0v) is 12.6. The Morgan fingerprint density at radius 3 is 2.74 bits per heavy atom. The van der Waals surface area contributed by atoms with Crippen LogP contribution in [0, 0.1) is 5.82 Å². The van der Waals surface area contributed by atoms with Crippen LogP contribution in [0.3, 0.4) is 0 Å². The highest BCUT2D eigenvalue weighted by Crippen LogP contribution is 2.23. The number of halogens is 1. The summed E-state index contributed by atoms with van der Waals surface area (Å²) in [7, 11) is 0. The molecular formula is C16H18FN3O3. The first-order chi connectivity index (χ1) is 11.0. The van der Waals surface area contributed by atoms with Gasteiger partial charge in [-0.25, -0.2) is 4.39 Å². The number of fused-ring (bicyclic) bond motifs is 1. The molecule has 2 aliphatic rings. The molecule has 1 atom stereocenters. The van der Waals surface area contributed by atoms with Gasteiger partial charge in [0.15, 0.2) is 0 Å². The standard InChI is InChI=1S/C16H18FN3O3/c17-12-5-3-11(4-6-12)8-18-14(21)9-19-10-15(22)20-7-1-2-13(20)16(19)23/h3-6,13H,1-2,7-10H2,(H,18,21). The molecule has 6 nitrogen and oxygen atoms in total. The Hall–Kier alpha value is -2.44. The summed E-state index contributed by atoms with van der Waals surface area (Å²) in [6.45, 7) is 0.708. The number of rotatable bonds is 4. The molecule has 0 saturated carbocycles. The predicted molar refractivity (Wildman–Crippen MR) is 79.6 cm³/mol. The van der Waals surface area contributed by atoms with Crippen molar-refractivity contribution in [3.63, 3.8) is 0 Å². The van der Waals surface area contributed by atoms with Gasteiger partial charge in [-0.15, -0.1) is 0 Å². The van der Waals surface area contributed by atoms with Crippen molar-refractivity contribution >= 4 is 17.7 Å². The van der Waals surface area contributed by atoms with Crippen molar-refractivity contribution in [2.75, 3.05) is 19.6 Å². The largest absolute Gasteiger partial charge is 0.350 e. The average molecular weight is 319 g/mol. The van der Waals surface area contributed by atoms with E-state index in [0.717, 1.165) is 12.0 Å². The molecule has 0 spiro atoms. The van der Waals surface area contributed by atoms with E-state index < -0.39 is 6.04 Å². The Balaban J connectivity index is 1.54. The molecule has 1 N–H and O–H groups in total. The highest BCUT2D eigenvalue weighted by atomic mass is 19.1. The van der Waals surface area contributed by atoms with Crippen LogP contribution in [0.1, 0.15) is 18.4 Å². The Morgan fingerprint density at radius 2 is 2.00 bits per heavy atom. The van der Waals surface area contributed by atoms with Crippen LogP contribution in [0.2, 0.25) is 0 Å². The van der Waals surface area contributed by atoms with Gasteiger partial charge in [-0.2, -0.15) is 0 Å². The van der Waals surface area contributed by atoms with Crippen molar-refractivity contribution in [3.05, 3.63) is 35.6 Å². The molecule has 2 heterocycles. The lowest BCUT2D eigenvalue weighted by molar-refractivity contribution is -0.154. The first-order valence-corrected chi connectivity index (χ1v) is 7.64. The number of carbonyl (C=O) groups excluding carboxylic acids is 3. The second-order valence-electron chi connectivity index (χ2n) is 5.84. The monoisotopic (exact) mass is 319 g/mol. The lowest BCUT2D eigenvalue weighted by Gasteiger charge is -2.35. The Kier molecular flexibility index (Phi) is 4.27. The zero-order valence-electron chi connectivity index (χ0n) is 12.6. The maximum atomic E-state index is 12.8. The van der Waals surface area contributed by atoms with Gasteiger partial charge in [0.05, 0.1) is 0 Å². The van der Waals surface area contributed by atoms with Crippen molar-refractivity contribution in [1.82, 2.24) is 15.1 Å². The first kappa shape index (κ1) is 15.5. The molecule has 1 aromatic rings. The number of benzene rings is 1. The molecular weight excluding hydrogens is 301 g/mol. The number of amides is 3. The summed E-state index contributed by atoms with van der Waals surface area (Å²) >= 11 is 0. The van der Waals surface area contributed by atoms with Gasteiger partial charge in [-0.3, -0.25) is 14.4 Å². The molecule has 23 heavy (non-hydrogen) atoms. The first-order valence-electron chi connectivity index (χ1n) is 7.64. The van der Waals surface area contributed by atoms with E-state index in [9.17, 15) is 18.8 Å². The number of hydrogen-bond donors (Lipinski definition) is 1. The van der Waals surface area contributed by atoms with E-state index in [2.05, 4.69) is 5.32 Å². The summed E-state index contributed by atoms with van der Waals surface area (Å²) < 4.78 is 12.8. The highest BCUT2D eigenvalue weighted by Gasteiger charge is 2.42. The number of nitrogens with one attached hydrogen (secondary N) is 1. The fourth-order valence-corrected chi connectivity index (χ4v) is 3.03. The van der Waals surface area contributed by atoms with Crippen LogP contribution in [0.15, 0.2) is 24.3 Å². The normalized spacial score (nSPS) is 20.7. The average Bonchev–Trinajstić information content (AvgIpc) is 3.02. The van der Waals surface area contributed by atoms with Crippen LogP contribution in [0.5, 0.6) is 0 Å².